The Hall–Kier alpha value is -1.32. The highest BCUT2D eigenvalue weighted by Gasteiger charge is 2.05. The molecule has 19 heavy (non-hydrogen) atoms. The molecule has 0 bridgehead atoms. The monoisotopic (exact) mass is 337 g/mol. The van der Waals surface area contributed by atoms with E-state index in [-0.39, 0.29) is 5.91 Å². The van der Waals surface area contributed by atoms with E-state index in [0.717, 1.165) is 15.6 Å². The molecule has 0 spiro atoms. The molecular formula is C15H13BrClNO. The lowest BCUT2D eigenvalue weighted by molar-refractivity contribution is 0.0951. The molecule has 0 aromatic heterocycles. The number of rotatable bonds is 4. The third kappa shape index (κ3) is 4.08. The molecule has 1 amide bonds. The third-order valence-electron chi connectivity index (χ3n) is 2.69. The molecule has 0 aliphatic carbocycles. The van der Waals surface area contributed by atoms with Gasteiger partial charge in [0.1, 0.15) is 0 Å². The van der Waals surface area contributed by atoms with Gasteiger partial charge in [0.15, 0.2) is 0 Å². The van der Waals surface area contributed by atoms with Gasteiger partial charge in [0, 0.05) is 22.5 Å². The Labute approximate surface area is 125 Å². The fourth-order valence-electron chi connectivity index (χ4n) is 1.74. The molecule has 4 heteroatoms. The van der Waals surface area contributed by atoms with Crippen molar-refractivity contribution in [1.82, 2.24) is 5.32 Å². The standard InChI is InChI=1S/C15H13BrClNO/c16-14-6-2-5-13(8-14)15(19)18-10-12-4-1-3-11(7-12)9-17/h1-8H,9-10H2,(H,18,19). The minimum Gasteiger partial charge on any atom is -0.348 e. The molecule has 0 radical (unpaired) electrons. The Morgan fingerprint density at radius 2 is 1.84 bits per heavy atom. The Kier molecular flexibility index (Phi) is 5.00. The Morgan fingerprint density at radius 1 is 1.11 bits per heavy atom. The lowest BCUT2D eigenvalue weighted by Crippen LogP contribution is -2.22. The first kappa shape index (κ1) is 14.1. The molecule has 2 aromatic rings. The van der Waals surface area contributed by atoms with Crippen molar-refractivity contribution >= 4 is 33.4 Å². The number of halogens is 2. The zero-order valence-corrected chi connectivity index (χ0v) is 12.5. The lowest BCUT2D eigenvalue weighted by atomic mass is 10.1. The first-order valence-electron chi connectivity index (χ1n) is 5.86. The highest BCUT2D eigenvalue weighted by molar-refractivity contribution is 9.10. The van der Waals surface area contributed by atoms with E-state index in [9.17, 15) is 4.79 Å². The van der Waals surface area contributed by atoms with E-state index in [1.165, 1.54) is 0 Å². The van der Waals surface area contributed by atoms with Gasteiger partial charge in [-0.3, -0.25) is 4.79 Å². The van der Waals surface area contributed by atoms with Crippen LogP contribution in [0.25, 0.3) is 0 Å². The Bertz CT molecular complexity index is 586. The zero-order chi connectivity index (χ0) is 13.7. The van der Waals surface area contributed by atoms with E-state index >= 15 is 0 Å². The number of carbonyl (C=O) groups is 1. The lowest BCUT2D eigenvalue weighted by Gasteiger charge is -2.07. The van der Waals surface area contributed by atoms with E-state index in [2.05, 4.69) is 21.2 Å². The summed E-state index contributed by atoms with van der Waals surface area (Å²) < 4.78 is 0.893. The van der Waals surface area contributed by atoms with Gasteiger partial charge < -0.3 is 5.32 Å². The second-order valence-electron chi connectivity index (χ2n) is 4.15. The second kappa shape index (κ2) is 6.73. The molecule has 0 aliphatic heterocycles. The van der Waals surface area contributed by atoms with E-state index in [1.807, 2.05) is 36.4 Å². The van der Waals surface area contributed by atoms with Crippen LogP contribution in [0.1, 0.15) is 21.5 Å². The SMILES string of the molecule is O=C(NCc1cccc(CCl)c1)c1cccc(Br)c1. The van der Waals surface area contributed by atoms with Crippen molar-refractivity contribution in [2.45, 2.75) is 12.4 Å². The topological polar surface area (TPSA) is 29.1 Å². The molecule has 1 N–H and O–H groups in total. The molecule has 0 saturated heterocycles. The van der Waals surface area contributed by atoms with Crippen molar-refractivity contribution in [2.75, 3.05) is 0 Å². The van der Waals surface area contributed by atoms with Gasteiger partial charge in [-0.1, -0.05) is 46.3 Å². The molecule has 0 atom stereocenters. The maximum absolute atomic E-state index is 12.0. The summed E-state index contributed by atoms with van der Waals surface area (Å²) in [6, 6.07) is 15.2. The normalized spacial score (nSPS) is 10.2. The first-order valence-corrected chi connectivity index (χ1v) is 7.19. The van der Waals surface area contributed by atoms with Gasteiger partial charge in [0.2, 0.25) is 0 Å². The highest BCUT2D eigenvalue weighted by atomic mass is 79.9. The zero-order valence-electron chi connectivity index (χ0n) is 10.2. The molecule has 0 saturated carbocycles. The molecular weight excluding hydrogens is 326 g/mol. The number of benzene rings is 2. The highest BCUT2D eigenvalue weighted by Crippen LogP contribution is 2.12. The molecule has 2 nitrogen and oxygen atoms in total. The summed E-state index contributed by atoms with van der Waals surface area (Å²) in [5.41, 5.74) is 2.74. The van der Waals surface area contributed by atoms with Crippen molar-refractivity contribution < 1.29 is 4.79 Å². The summed E-state index contributed by atoms with van der Waals surface area (Å²) in [6.45, 7) is 0.496. The largest absolute Gasteiger partial charge is 0.348 e. The number of nitrogens with one attached hydrogen (secondary N) is 1. The van der Waals surface area contributed by atoms with Gasteiger partial charge >= 0.3 is 0 Å². The fourth-order valence-corrected chi connectivity index (χ4v) is 2.30. The molecule has 2 aromatic carbocycles. The summed E-state index contributed by atoms with van der Waals surface area (Å²) in [4.78, 5) is 12.0. The molecule has 98 valence electrons. The second-order valence-corrected chi connectivity index (χ2v) is 5.33. The Balaban J connectivity index is 2.00. The van der Waals surface area contributed by atoms with Gasteiger partial charge in [-0.2, -0.15) is 0 Å². The third-order valence-corrected chi connectivity index (χ3v) is 3.49. The van der Waals surface area contributed by atoms with E-state index in [1.54, 1.807) is 12.1 Å². The summed E-state index contributed by atoms with van der Waals surface area (Å²) in [5.74, 6) is 0.394. The molecule has 0 heterocycles. The minimum atomic E-state index is -0.0856. The average molecular weight is 339 g/mol. The average Bonchev–Trinajstić information content (AvgIpc) is 2.45. The van der Waals surface area contributed by atoms with Crippen LogP contribution in [0.15, 0.2) is 53.0 Å². The van der Waals surface area contributed by atoms with Crippen molar-refractivity contribution in [3.8, 4) is 0 Å². The molecule has 0 fully saturated rings. The fraction of sp³-hybridized carbons (Fsp3) is 0.133. The van der Waals surface area contributed by atoms with Crippen molar-refractivity contribution in [3.63, 3.8) is 0 Å². The van der Waals surface area contributed by atoms with Gasteiger partial charge in [-0.25, -0.2) is 0 Å². The minimum absolute atomic E-state index is 0.0856. The summed E-state index contributed by atoms with van der Waals surface area (Å²) in [6.07, 6.45) is 0. The van der Waals surface area contributed by atoms with Gasteiger partial charge in [-0.15, -0.1) is 11.6 Å². The van der Waals surface area contributed by atoms with Crippen LogP contribution in [0.5, 0.6) is 0 Å². The molecule has 2 rings (SSSR count). The van der Waals surface area contributed by atoms with Crippen LogP contribution in [0.3, 0.4) is 0 Å². The van der Waals surface area contributed by atoms with Crippen molar-refractivity contribution in [1.29, 1.82) is 0 Å². The predicted octanol–water partition coefficient (Wildman–Crippen LogP) is 4.12. The molecule has 0 unspecified atom stereocenters. The van der Waals surface area contributed by atoms with Crippen molar-refractivity contribution in [2.24, 2.45) is 0 Å². The maximum atomic E-state index is 12.0. The summed E-state index contributed by atoms with van der Waals surface area (Å²) in [7, 11) is 0. The predicted molar refractivity (Wildman–Crippen MR) is 81.3 cm³/mol. The number of amides is 1. The van der Waals surface area contributed by atoms with Crippen LogP contribution in [-0.2, 0) is 12.4 Å². The van der Waals surface area contributed by atoms with Gasteiger partial charge in [-0.05, 0) is 29.3 Å². The number of alkyl halides is 1. The summed E-state index contributed by atoms with van der Waals surface area (Å²) in [5, 5.41) is 2.89. The van der Waals surface area contributed by atoms with E-state index in [4.69, 9.17) is 11.6 Å². The van der Waals surface area contributed by atoms with Crippen LogP contribution in [-0.4, -0.2) is 5.91 Å². The van der Waals surface area contributed by atoms with E-state index < -0.39 is 0 Å². The van der Waals surface area contributed by atoms with Crippen molar-refractivity contribution in [3.05, 3.63) is 69.7 Å². The van der Waals surface area contributed by atoms with Crippen LogP contribution < -0.4 is 5.32 Å². The quantitative estimate of drug-likeness (QED) is 0.835. The maximum Gasteiger partial charge on any atom is 0.251 e. The van der Waals surface area contributed by atoms with Gasteiger partial charge in [0.05, 0.1) is 0 Å². The first-order chi connectivity index (χ1) is 9.19. The van der Waals surface area contributed by atoms with Gasteiger partial charge in [0.25, 0.3) is 5.91 Å². The van der Waals surface area contributed by atoms with Crippen LogP contribution >= 0.6 is 27.5 Å². The van der Waals surface area contributed by atoms with E-state index in [0.29, 0.717) is 18.0 Å². The number of hydrogen-bond acceptors (Lipinski definition) is 1. The number of hydrogen-bond donors (Lipinski definition) is 1. The summed E-state index contributed by atoms with van der Waals surface area (Å²) >= 11 is 9.13. The Morgan fingerprint density at radius 3 is 2.58 bits per heavy atom. The molecule has 0 aliphatic rings. The smallest absolute Gasteiger partial charge is 0.251 e. The van der Waals surface area contributed by atoms with Crippen LogP contribution in [0.2, 0.25) is 0 Å². The van der Waals surface area contributed by atoms with Crippen LogP contribution in [0.4, 0.5) is 0 Å². The van der Waals surface area contributed by atoms with Crippen LogP contribution in [0, 0.1) is 0 Å². The number of carbonyl (C=O) groups excluding carboxylic acids is 1.